The molecule has 0 radical (unpaired) electrons. The van der Waals surface area contributed by atoms with Crippen LogP contribution in [0.5, 0.6) is 0 Å². The van der Waals surface area contributed by atoms with Crippen LogP contribution in [0.4, 0.5) is 0 Å². The lowest BCUT2D eigenvalue weighted by molar-refractivity contribution is -0.143. The highest BCUT2D eigenvalue weighted by Gasteiger charge is 2.34. The molecule has 1 aliphatic heterocycles. The number of nitrogens with one attached hydrogen (secondary N) is 2. The van der Waals surface area contributed by atoms with Crippen molar-refractivity contribution in [3.8, 4) is 0 Å². The highest BCUT2D eigenvalue weighted by atomic mass is 16.5. The van der Waals surface area contributed by atoms with Crippen molar-refractivity contribution >= 4 is 11.9 Å². The molecular weight excluding hydrogens is 224 g/mol. The first-order valence-electron chi connectivity index (χ1n) is 5.95. The van der Waals surface area contributed by atoms with Crippen LogP contribution >= 0.6 is 0 Å². The molecule has 1 amide bonds. The van der Waals surface area contributed by atoms with Crippen LogP contribution in [0.3, 0.4) is 0 Å². The van der Waals surface area contributed by atoms with Crippen LogP contribution in [0, 0.1) is 5.92 Å². The number of hydrogen-bond acceptors (Lipinski definition) is 4. The molecule has 0 spiro atoms. The molecule has 1 saturated heterocycles. The van der Waals surface area contributed by atoms with Crippen molar-refractivity contribution in [1.82, 2.24) is 10.6 Å². The van der Waals surface area contributed by atoms with Gasteiger partial charge in [-0.2, -0.15) is 0 Å². The van der Waals surface area contributed by atoms with Gasteiger partial charge in [-0.25, -0.2) is 4.79 Å². The summed E-state index contributed by atoms with van der Waals surface area (Å²) >= 11 is 0. The average molecular weight is 242 g/mol. The number of carboxylic acids is 1. The lowest BCUT2D eigenvalue weighted by Gasteiger charge is -2.27. The van der Waals surface area contributed by atoms with Crippen molar-refractivity contribution in [2.75, 3.05) is 19.8 Å². The molecule has 1 heterocycles. The molecule has 1 aliphatic carbocycles. The van der Waals surface area contributed by atoms with Gasteiger partial charge in [-0.1, -0.05) is 0 Å². The fourth-order valence-electron chi connectivity index (χ4n) is 2.72. The van der Waals surface area contributed by atoms with Gasteiger partial charge >= 0.3 is 5.97 Å². The third kappa shape index (κ3) is 3.67. The molecule has 96 valence electrons. The number of hydrogen-bond donors (Lipinski definition) is 3. The van der Waals surface area contributed by atoms with Gasteiger partial charge in [0.1, 0.15) is 13.2 Å². The Morgan fingerprint density at radius 3 is 2.82 bits per heavy atom. The van der Waals surface area contributed by atoms with E-state index in [1.807, 2.05) is 0 Å². The summed E-state index contributed by atoms with van der Waals surface area (Å²) in [5, 5.41) is 14.7. The van der Waals surface area contributed by atoms with Gasteiger partial charge in [-0.05, 0) is 31.7 Å². The lowest BCUT2D eigenvalue weighted by Crippen LogP contribution is -2.42. The highest BCUT2D eigenvalue weighted by molar-refractivity contribution is 5.78. The third-order valence-electron chi connectivity index (χ3n) is 3.32. The largest absolute Gasteiger partial charge is 0.480 e. The summed E-state index contributed by atoms with van der Waals surface area (Å²) in [5.41, 5.74) is 0. The number of carboxylic acid groups (broad SMARTS) is 1. The van der Waals surface area contributed by atoms with Crippen molar-refractivity contribution in [2.24, 2.45) is 5.92 Å². The van der Waals surface area contributed by atoms with E-state index < -0.39 is 12.6 Å². The number of fused-ring (bicyclic) bond motifs is 2. The molecule has 2 rings (SSSR count). The zero-order chi connectivity index (χ0) is 12.3. The average Bonchev–Trinajstić information content (AvgIpc) is 2.57. The number of amides is 1. The maximum absolute atomic E-state index is 11.5. The van der Waals surface area contributed by atoms with Gasteiger partial charge in [0.2, 0.25) is 5.91 Å². The van der Waals surface area contributed by atoms with E-state index in [1.54, 1.807) is 0 Å². The van der Waals surface area contributed by atoms with Crippen molar-refractivity contribution in [2.45, 2.75) is 31.3 Å². The zero-order valence-corrected chi connectivity index (χ0v) is 9.65. The Morgan fingerprint density at radius 2 is 2.12 bits per heavy atom. The molecule has 3 unspecified atom stereocenters. The number of carbonyl (C=O) groups excluding carboxylic acids is 1. The second kappa shape index (κ2) is 5.46. The van der Waals surface area contributed by atoms with Crippen LogP contribution in [0.25, 0.3) is 0 Å². The maximum Gasteiger partial charge on any atom is 0.329 e. The molecule has 2 bridgehead atoms. The molecule has 1 saturated carbocycles. The van der Waals surface area contributed by atoms with Crippen LogP contribution in [-0.2, 0) is 14.3 Å². The van der Waals surface area contributed by atoms with Crippen LogP contribution in [0.2, 0.25) is 0 Å². The van der Waals surface area contributed by atoms with Crippen molar-refractivity contribution in [3.63, 3.8) is 0 Å². The smallest absolute Gasteiger partial charge is 0.329 e. The summed E-state index contributed by atoms with van der Waals surface area (Å²) in [4.78, 5) is 21.7. The summed E-state index contributed by atoms with van der Waals surface area (Å²) in [7, 11) is 0. The number of carbonyl (C=O) groups is 2. The summed E-state index contributed by atoms with van der Waals surface area (Å²) < 4.78 is 4.74. The molecule has 2 aliphatic rings. The minimum absolute atomic E-state index is 0.175. The predicted octanol–water partition coefficient (Wildman–Crippen LogP) is -0.656. The first kappa shape index (κ1) is 12.3. The highest BCUT2D eigenvalue weighted by Crippen LogP contribution is 2.29. The molecule has 0 aromatic carbocycles. The first-order chi connectivity index (χ1) is 8.13. The third-order valence-corrected chi connectivity index (χ3v) is 3.32. The Morgan fingerprint density at radius 1 is 1.29 bits per heavy atom. The van der Waals surface area contributed by atoms with E-state index in [0.717, 1.165) is 19.4 Å². The van der Waals surface area contributed by atoms with Gasteiger partial charge in [0.15, 0.2) is 0 Å². The molecule has 17 heavy (non-hydrogen) atoms. The van der Waals surface area contributed by atoms with Gasteiger partial charge < -0.3 is 20.5 Å². The quantitative estimate of drug-likeness (QED) is 0.596. The summed E-state index contributed by atoms with van der Waals surface area (Å²) in [5.74, 6) is -0.616. The second-order valence-corrected chi connectivity index (χ2v) is 4.83. The Kier molecular flexibility index (Phi) is 3.96. The summed E-state index contributed by atoms with van der Waals surface area (Å²) in [6, 6.07) is 0.730. The molecule has 0 aromatic rings. The van der Waals surface area contributed by atoms with Crippen molar-refractivity contribution in [3.05, 3.63) is 0 Å². The van der Waals surface area contributed by atoms with Gasteiger partial charge in [0, 0.05) is 12.1 Å². The minimum atomic E-state index is -1.06. The second-order valence-electron chi connectivity index (χ2n) is 4.83. The number of aliphatic carboxylic acids is 1. The molecule has 6 heteroatoms. The fourth-order valence-corrected chi connectivity index (χ4v) is 2.72. The van der Waals surface area contributed by atoms with E-state index >= 15 is 0 Å². The standard InChI is InChI=1S/C11H18N2O4/c14-10(5-17-6-11(15)16)13-9-2-7-1-8(3-9)12-4-7/h7-9,12H,1-6H2,(H,13,14)(H,15,16). The zero-order valence-electron chi connectivity index (χ0n) is 9.65. The summed E-state index contributed by atoms with van der Waals surface area (Å²) in [6.07, 6.45) is 3.18. The Bertz CT molecular complexity index is 296. The number of ether oxygens (including phenoxy) is 1. The van der Waals surface area contributed by atoms with Crippen molar-refractivity contribution in [1.29, 1.82) is 0 Å². The monoisotopic (exact) mass is 242 g/mol. The maximum atomic E-state index is 11.5. The van der Waals surface area contributed by atoms with Crippen LogP contribution in [0.15, 0.2) is 0 Å². The SMILES string of the molecule is O=C(O)COCC(=O)NC1CC2CNC(C2)C1. The minimum Gasteiger partial charge on any atom is -0.480 e. The van der Waals surface area contributed by atoms with Gasteiger partial charge in [-0.3, -0.25) is 4.79 Å². The van der Waals surface area contributed by atoms with Gasteiger partial charge in [0.05, 0.1) is 0 Å². The Labute approximate surface area is 99.7 Å². The van der Waals surface area contributed by atoms with E-state index in [-0.39, 0.29) is 18.6 Å². The molecule has 6 nitrogen and oxygen atoms in total. The lowest BCUT2D eigenvalue weighted by atomic mass is 9.86. The molecule has 3 N–H and O–H groups in total. The van der Waals surface area contributed by atoms with E-state index in [4.69, 9.17) is 9.84 Å². The normalized spacial score (nSPS) is 31.2. The topological polar surface area (TPSA) is 87.7 Å². The van der Waals surface area contributed by atoms with Crippen LogP contribution in [-0.4, -0.2) is 48.8 Å². The number of rotatable bonds is 5. The first-order valence-corrected chi connectivity index (χ1v) is 5.95. The molecular formula is C11H18N2O4. The van der Waals surface area contributed by atoms with E-state index in [0.29, 0.717) is 12.0 Å². The van der Waals surface area contributed by atoms with Gasteiger partial charge in [0.25, 0.3) is 0 Å². The fraction of sp³-hybridized carbons (Fsp3) is 0.818. The van der Waals surface area contributed by atoms with Crippen LogP contribution < -0.4 is 10.6 Å². The Hall–Kier alpha value is -1.14. The van der Waals surface area contributed by atoms with E-state index in [9.17, 15) is 9.59 Å². The van der Waals surface area contributed by atoms with E-state index in [1.165, 1.54) is 6.42 Å². The van der Waals surface area contributed by atoms with Gasteiger partial charge in [-0.15, -0.1) is 0 Å². The molecule has 0 aromatic heterocycles. The predicted molar refractivity (Wildman–Crippen MR) is 59.5 cm³/mol. The summed E-state index contributed by atoms with van der Waals surface area (Å²) in [6.45, 7) is 0.447. The van der Waals surface area contributed by atoms with E-state index in [2.05, 4.69) is 10.6 Å². The molecule has 3 atom stereocenters. The molecule has 2 fully saturated rings. The van der Waals surface area contributed by atoms with Crippen LogP contribution in [0.1, 0.15) is 19.3 Å². The Balaban J connectivity index is 1.66. The van der Waals surface area contributed by atoms with Crippen molar-refractivity contribution < 1.29 is 19.4 Å².